The summed E-state index contributed by atoms with van der Waals surface area (Å²) in [6.07, 6.45) is -3.74. The fourth-order valence-corrected chi connectivity index (χ4v) is 3.41. The van der Waals surface area contributed by atoms with Crippen molar-refractivity contribution >= 4 is 29.2 Å². The number of ether oxygens (including phenoxy) is 1. The number of rotatable bonds is 6. The van der Waals surface area contributed by atoms with Gasteiger partial charge in [0.1, 0.15) is 17.5 Å². The van der Waals surface area contributed by atoms with Crippen molar-refractivity contribution in [2.45, 2.75) is 39.1 Å². The number of anilines is 2. The van der Waals surface area contributed by atoms with Gasteiger partial charge >= 0.3 is 12.1 Å². The molecule has 1 aromatic carbocycles. The summed E-state index contributed by atoms with van der Waals surface area (Å²) in [6, 6.07) is 9.98. The van der Waals surface area contributed by atoms with E-state index in [0.717, 1.165) is 60.7 Å². The lowest BCUT2D eigenvalue weighted by atomic mass is 10.2. The molecule has 3 rings (SSSR count). The molecule has 0 aliphatic carbocycles. The Kier molecular flexibility index (Phi) is 9.09. The number of carboxylic acids is 1. The number of benzene rings is 1. The monoisotopic (exact) mass is 474 g/mol. The van der Waals surface area contributed by atoms with E-state index < -0.39 is 12.1 Å². The minimum atomic E-state index is -5.08. The standard InChI is InChI=1S/C19H25ClN4O.C2HF3O2/c1-4-25-17-8-9-24(13-17)19-11-18(21-14(2)22-19)23(3)12-15-6-5-7-16(20)10-15;3-2(4,5)1(6)7/h5-7,10-11,17H,4,8-9,12-13H2,1-3H3;(H,6,7)/t17-;/m1./s1. The third kappa shape index (κ3) is 7.83. The average molecular weight is 475 g/mol. The smallest absolute Gasteiger partial charge is 0.475 e. The fraction of sp³-hybridized carbons (Fsp3) is 0.476. The van der Waals surface area contributed by atoms with Crippen molar-refractivity contribution in [3.05, 3.63) is 46.7 Å². The fourth-order valence-electron chi connectivity index (χ4n) is 3.19. The molecule has 1 fully saturated rings. The van der Waals surface area contributed by atoms with Crippen LogP contribution in [0.3, 0.4) is 0 Å². The van der Waals surface area contributed by atoms with Crippen molar-refractivity contribution in [1.29, 1.82) is 0 Å². The van der Waals surface area contributed by atoms with Crippen LogP contribution in [-0.2, 0) is 16.1 Å². The first-order valence-corrected chi connectivity index (χ1v) is 10.3. The summed E-state index contributed by atoms with van der Waals surface area (Å²) in [6.45, 7) is 7.35. The van der Waals surface area contributed by atoms with E-state index in [2.05, 4.69) is 31.9 Å². The van der Waals surface area contributed by atoms with E-state index in [0.29, 0.717) is 6.10 Å². The first kappa shape index (κ1) is 25.7. The quantitative estimate of drug-likeness (QED) is 0.667. The predicted molar refractivity (Wildman–Crippen MR) is 116 cm³/mol. The van der Waals surface area contributed by atoms with Gasteiger partial charge < -0.3 is 19.6 Å². The topological polar surface area (TPSA) is 78.8 Å². The largest absolute Gasteiger partial charge is 0.490 e. The summed E-state index contributed by atoms with van der Waals surface area (Å²) >= 11 is 6.09. The zero-order chi connectivity index (χ0) is 23.9. The maximum atomic E-state index is 10.6. The zero-order valence-electron chi connectivity index (χ0n) is 18.1. The van der Waals surface area contributed by atoms with E-state index >= 15 is 0 Å². The van der Waals surface area contributed by atoms with Gasteiger partial charge in [-0.25, -0.2) is 14.8 Å². The summed E-state index contributed by atoms with van der Waals surface area (Å²) < 4.78 is 37.5. The highest BCUT2D eigenvalue weighted by Gasteiger charge is 2.38. The Balaban J connectivity index is 0.000000451. The second-order valence-electron chi connectivity index (χ2n) is 7.23. The molecule has 1 aromatic heterocycles. The van der Waals surface area contributed by atoms with Crippen LogP contribution in [0.2, 0.25) is 5.02 Å². The van der Waals surface area contributed by atoms with E-state index in [1.807, 2.05) is 39.1 Å². The lowest BCUT2D eigenvalue weighted by Gasteiger charge is -2.22. The molecule has 0 amide bonds. The molecule has 32 heavy (non-hydrogen) atoms. The van der Waals surface area contributed by atoms with Crippen LogP contribution in [0.5, 0.6) is 0 Å². The summed E-state index contributed by atoms with van der Waals surface area (Å²) in [5, 5.41) is 7.88. The lowest BCUT2D eigenvalue weighted by molar-refractivity contribution is -0.192. The highest BCUT2D eigenvalue weighted by molar-refractivity contribution is 6.30. The Hall–Kier alpha value is -2.59. The van der Waals surface area contributed by atoms with Crippen molar-refractivity contribution in [2.24, 2.45) is 0 Å². The first-order chi connectivity index (χ1) is 15.0. The van der Waals surface area contributed by atoms with Crippen LogP contribution in [-0.4, -0.2) is 60.1 Å². The van der Waals surface area contributed by atoms with Crippen molar-refractivity contribution in [3.8, 4) is 0 Å². The number of nitrogens with zero attached hydrogens (tertiary/aromatic N) is 4. The molecule has 2 heterocycles. The third-order valence-electron chi connectivity index (χ3n) is 4.62. The number of aromatic nitrogens is 2. The second kappa shape index (κ2) is 11.3. The molecule has 0 radical (unpaired) electrons. The molecule has 1 saturated heterocycles. The molecule has 0 unspecified atom stereocenters. The van der Waals surface area contributed by atoms with Crippen LogP contribution in [0.15, 0.2) is 30.3 Å². The molecule has 0 bridgehead atoms. The minimum absolute atomic E-state index is 0.299. The Bertz CT molecular complexity index is 914. The Morgan fingerprint density at radius 1 is 1.34 bits per heavy atom. The molecule has 0 spiro atoms. The summed E-state index contributed by atoms with van der Waals surface area (Å²) in [5.74, 6) is -0.0808. The van der Waals surface area contributed by atoms with Crippen LogP contribution in [0.1, 0.15) is 24.7 Å². The minimum Gasteiger partial charge on any atom is -0.475 e. The molecule has 1 aliphatic heterocycles. The van der Waals surface area contributed by atoms with Gasteiger partial charge in [0.05, 0.1) is 6.10 Å². The lowest BCUT2D eigenvalue weighted by Crippen LogP contribution is -2.25. The average Bonchev–Trinajstić information content (AvgIpc) is 3.16. The summed E-state index contributed by atoms with van der Waals surface area (Å²) in [5.41, 5.74) is 1.16. The van der Waals surface area contributed by atoms with E-state index in [9.17, 15) is 13.2 Å². The number of aryl methyl sites for hydroxylation is 1. The zero-order valence-corrected chi connectivity index (χ0v) is 18.8. The van der Waals surface area contributed by atoms with Gasteiger partial charge in [-0.2, -0.15) is 13.2 Å². The molecule has 0 saturated carbocycles. The molecule has 1 aliphatic rings. The summed E-state index contributed by atoms with van der Waals surface area (Å²) in [4.78, 5) is 22.5. The van der Waals surface area contributed by atoms with Gasteiger partial charge in [0.25, 0.3) is 0 Å². The maximum Gasteiger partial charge on any atom is 0.490 e. The predicted octanol–water partition coefficient (Wildman–Crippen LogP) is 4.32. The van der Waals surface area contributed by atoms with E-state index in [-0.39, 0.29) is 0 Å². The molecule has 7 nitrogen and oxygen atoms in total. The molecule has 176 valence electrons. The van der Waals surface area contributed by atoms with Gasteiger partial charge in [0.2, 0.25) is 0 Å². The van der Waals surface area contributed by atoms with E-state index in [1.165, 1.54) is 0 Å². The SMILES string of the molecule is CCO[C@@H]1CCN(c2cc(N(C)Cc3cccc(Cl)c3)nc(C)n2)C1.O=C(O)C(F)(F)F. The van der Waals surface area contributed by atoms with Gasteiger partial charge in [-0.05, 0) is 38.0 Å². The van der Waals surface area contributed by atoms with Crippen molar-refractivity contribution in [3.63, 3.8) is 0 Å². The number of carbonyl (C=O) groups is 1. The van der Waals surface area contributed by atoms with Crippen LogP contribution >= 0.6 is 11.6 Å². The third-order valence-corrected chi connectivity index (χ3v) is 4.86. The van der Waals surface area contributed by atoms with Crippen molar-refractivity contribution in [1.82, 2.24) is 9.97 Å². The number of hydrogen-bond acceptors (Lipinski definition) is 6. The summed E-state index contributed by atoms with van der Waals surface area (Å²) in [7, 11) is 2.04. The maximum absolute atomic E-state index is 10.6. The molecular formula is C21H26ClF3N4O3. The molecule has 1 atom stereocenters. The highest BCUT2D eigenvalue weighted by Crippen LogP contribution is 2.24. The van der Waals surface area contributed by atoms with Gasteiger partial charge in [-0.1, -0.05) is 23.7 Å². The number of alkyl halides is 3. The Labute approximate surface area is 189 Å². The van der Waals surface area contributed by atoms with Crippen molar-refractivity contribution in [2.75, 3.05) is 36.5 Å². The van der Waals surface area contributed by atoms with Crippen molar-refractivity contribution < 1.29 is 27.8 Å². The van der Waals surface area contributed by atoms with Gasteiger partial charge in [0.15, 0.2) is 0 Å². The van der Waals surface area contributed by atoms with Gasteiger partial charge in [0, 0.05) is 44.4 Å². The van der Waals surface area contributed by atoms with Crippen LogP contribution in [0.4, 0.5) is 24.8 Å². The Morgan fingerprint density at radius 2 is 2.03 bits per heavy atom. The van der Waals surface area contributed by atoms with Gasteiger partial charge in [-0.3, -0.25) is 0 Å². The van der Waals surface area contributed by atoms with E-state index in [4.69, 9.17) is 26.2 Å². The molecular weight excluding hydrogens is 449 g/mol. The van der Waals surface area contributed by atoms with Crippen LogP contribution in [0, 0.1) is 6.92 Å². The normalized spacial score (nSPS) is 15.8. The van der Waals surface area contributed by atoms with Gasteiger partial charge in [-0.15, -0.1) is 0 Å². The van der Waals surface area contributed by atoms with E-state index in [1.54, 1.807) is 0 Å². The first-order valence-electron chi connectivity index (χ1n) is 9.97. The van der Waals surface area contributed by atoms with Crippen LogP contribution in [0.25, 0.3) is 0 Å². The van der Waals surface area contributed by atoms with Crippen LogP contribution < -0.4 is 9.80 Å². The highest BCUT2D eigenvalue weighted by atomic mass is 35.5. The second-order valence-corrected chi connectivity index (χ2v) is 7.67. The number of aliphatic carboxylic acids is 1. The molecule has 11 heteroatoms. The Morgan fingerprint density at radius 3 is 2.62 bits per heavy atom. The number of carboxylic acid groups (broad SMARTS) is 1. The number of halogens is 4. The molecule has 1 N–H and O–H groups in total. The molecule has 2 aromatic rings. The number of hydrogen-bond donors (Lipinski definition) is 1.